The van der Waals surface area contributed by atoms with E-state index in [9.17, 15) is 18.0 Å². The quantitative estimate of drug-likeness (QED) is 0.610. The Kier molecular flexibility index (Phi) is 4.69. The molecule has 0 spiro atoms. The minimum Gasteiger partial charge on any atom is -0.453 e. The molecular weight excluding hydrogens is 337 g/mol. The van der Waals surface area contributed by atoms with Crippen LogP contribution in [-0.4, -0.2) is 15.8 Å². The van der Waals surface area contributed by atoms with Crippen molar-refractivity contribution in [2.75, 3.05) is 0 Å². The summed E-state index contributed by atoms with van der Waals surface area (Å²) >= 11 is 0. The normalized spacial score (nSPS) is 11.6. The molecule has 0 aliphatic heterocycles. The average molecular weight is 350 g/mol. The van der Waals surface area contributed by atoms with Gasteiger partial charge in [-0.15, -0.1) is 0 Å². The molecule has 0 N–H and O–H groups in total. The van der Waals surface area contributed by atoms with Crippen molar-refractivity contribution < 1.29 is 26.8 Å². The SMILES string of the molecule is O=C(CCCc1nc(C(F)(F)F)co1)c1ccc(-c2cccnc2)o1. The number of hydrogen-bond acceptors (Lipinski definition) is 5. The monoisotopic (exact) mass is 350 g/mol. The first-order chi connectivity index (χ1) is 11.9. The highest BCUT2D eigenvalue weighted by atomic mass is 19.4. The molecule has 8 heteroatoms. The summed E-state index contributed by atoms with van der Waals surface area (Å²) < 4.78 is 47.5. The van der Waals surface area contributed by atoms with E-state index < -0.39 is 11.9 Å². The van der Waals surface area contributed by atoms with Crippen molar-refractivity contribution in [3.05, 3.63) is 60.3 Å². The number of pyridine rings is 1. The van der Waals surface area contributed by atoms with Crippen molar-refractivity contribution >= 4 is 5.78 Å². The zero-order valence-electron chi connectivity index (χ0n) is 12.9. The number of aryl methyl sites for hydroxylation is 1. The van der Waals surface area contributed by atoms with E-state index in [-0.39, 0.29) is 30.3 Å². The van der Waals surface area contributed by atoms with Gasteiger partial charge in [-0.1, -0.05) is 0 Å². The molecule has 0 bridgehead atoms. The van der Waals surface area contributed by atoms with Crippen LogP contribution in [0.2, 0.25) is 0 Å². The van der Waals surface area contributed by atoms with Crippen molar-refractivity contribution in [3.8, 4) is 11.3 Å². The summed E-state index contributed by atoms with van der Waals surface area (Å²) in [7, 11) is 0. The Morgan fingerprint density at radius 1 is 1.20 bits per heavy atom. The lowest BCUT2D eigenvalue weighted by atomic mass is 10.1. The van der Waals surface area contributed by atoms with E-state index in [2.05, 4.69) is 9.97 Å². The van der Waals surface area contributed by atoms with Gasteiger partial charge >= 0.3 is 6.18 Å². The summed E-state index contributed by atoms with van der Waals surface area (Å²) in [6.45, 7) is 0. The maximum absolute atomic E-state index is 12.4. The van der Waals surface area contributed by atoms with Crippen LogP contribution in [-0.2, 0) is 12.6 Å². The summed E-state index contributed by atoms with van der Waals surface area (Å²) in [6.07, 6.45) is -0.154. The third kappa shape index (κ3) is 4.14. The molecule has 0 fully saturated rings. The number of alkyl halides is 3. The van der Waals surface area contributed by atoms with Crippen LogP contribution in [0.25, 0.3) is 11.3 Å². The molecule has 0 aliphatic carbocycles. The molecule has 0 saturated heterocycles. The number of carbonyl (C=O) groups excluding carboxylic acids is 1. The summed E-state index contributed by atoms with van der Waals surface area (Å²) in [5, 5.41) is 0. The predicted molar refractivity (Wildman–Crippen MR) is 80.7 cm³/mol. The van der Waals surface area contributed by atoms with Gasteiger partial charge in [-0.25, -0.2) is 4.98 Å². The molecule has 25 heavy (non-hydrogen) atoms. The van der Waals surface area contributed by atoms with Gasteiger partial charge in [0.25, 0.3) is 0 Å². The number of oxazole rings is 1. The minimum atomic E-state index is -4.53. The Labute approximate surface area is 140 Å². The zero-order chi connectivity index (χ0) is 17.9. The minimum absolute atomic E-state index is 0.0457. The number of hydrogen-bond donors (Lipinski definition) is 0. The van der Waals surface area contributed by atoms with E-state index in [1.54, 1.807) is 36.7 Å². The van der Waals surface area contributed by atoms with Crippen LogP contribution in [0.5, 0.6) is 0 Å². The van der Waals surface area contributed by atoms with Crippen LogP contribution in [0.15, 0.2) is 51.8 Å². The van der Waals surface area contributed by atoms with Gasteiger partial charge in [0, 0.05) is 30.8 Å². The molecule has 3 aromatic rings. The largest absolute Gasteiger partial charge is 0.453 e. The van der Waals surface area contributed by atoms with Crippen LogP contribution in [0.3, 0.4) is 0 Å². The fourth-order valence-corrected chi connectivity index (χ4v) is 2.23. The fourth-order valence-electron chi connectivity index (χ4n) is 2.23. The highest BCUT2D eigenvalue weighted by Gasteiger charge is 2.34. The maximum atomic E-state index is 12.4. The second-order valence-electron chi connectivity index (χ2n) is 5.31. The number of furan rings is 1. The molecule has 0 unspecified atom stereocenters. The van der Waals surface area contributed by atoms with Gasteiger partial charge < -0.3 is 8.83 Å². The van der Waals surface area contributed by atoms with Gasteiger partial charge in [0.2, 0.25) is 0 Å². The summed E-state index contributed by atoms with van der Waals surface area (Å²) in [4.78, 5) is 19.4. The zero-order valence-corrected chi connectivity index (χ0v) is 12.9. The molecular formula is C17H13F3N2O3. The molecule has 0 aromatic carbocycles. The summed E-state index contributed by atoms with van der Waals surface area (Å²) in [5.41, 5.74) is -0.318. The summed E-state index contributed by atoms with van der Waals surface area (Å²) in [5.74, 6) is 0.439. The molecule has 3 aromatic heterocycles. The third-order valence-corrected chi connectivity index (χ3v) is 3.46. The number of carbonyl (C=O) groups is 1. The van der Waals surface area contributed by atoms with Gasteiger partial charge in [0.05, 0.1) is 0 Å². The van der Waals surface area contributed by atoms with Crippen LogP contribution < -0.4 is 0 Å². The van der Waals surface area contributed by atoms with Gasteiger partial charge in [-0.3, -0.25) is 9.78 Å². The lowest BCUT2D eigenvalue weighted by Crippen LogP contribution is -2.05. The highest BCUT2D eigenvalue weighted by Crippen LogP contribution is 2.28. The van der Waals surface area contributed by atoms with Gasteiger partial charge in [-0.05, 0) is 30.7 Å². The Morgan fingerprint density at radius 2 is 2.04 bits per heavy atom. The second-order valence-corrected chi connectivity index (χ2v) is 5.31. The Morgan fingerprint density at radius 3 is 2.72 bits per heavy atom. The Bertz CT molecular complexity index is 853. The Balaban J connectivity index is 1.55. The number of aromatic nitrogens is 2. The molecule has 0 amide bonds. The van der Waals surface area contributed by atoms with E-state index in [1.165, 1.54) is 0 Å². The third-order valence-electron chi connectivity index (χ3n) is 3.46. The smallest absolute Gasteiger partial charge is 0.436 e. The fraction of sp³-hybridized carbons (Fsp3) is 0.235. The first-order valence-electron chi connectivity index (χ1n) is 7.48. The number of rotatable bonds is 6. The van der Waals surface area contributed by atoms with E-state index in [1.807, 2.05) is 0 Å². The van der Waals surface area contributed by atoms with Crippen LogP contribution in [0.1, 0.15) is 35.0 Å². The molecule has 0 saturated carbocycles. The first-order valence-corrected chi connectivity index (χ1v) is 7.48. The predicted octanol–water partition coefficient (Wildman–Crippen LogP) is 4.55. The van der Waals surface area contributed by atoms with Crippen molar-refractivity contribution in [1.29, 1.82) is 0 Å². The molecule has 5 nitrogen and oxygen atoms in total. The van der Waals surface area contributed by atoms with E-state index in [0.29, 0.717) is 18.4 Å². The van der Waals surface area contributed by atoms with Crippen LogP contribution >= 0.6 is 0 Å². The van der Waals surface area contributed by atoms with E-state index in [0.717, 1.165) is 5.56 Å². The average Bonchev–Trinajstić information content (AvgIpc) is 3.25. The first kappa shape index (κ1) is 16.9. The number of halogens is 3. The number of nitrogens with zero attached hydrogens (tertiary/aromatic N) is 2. The molecule has 0 aliphatic rings. The highest BCUT2D eigenvalue weighted by molar-refractivity contribution is 5.93. The van der Waals surface area contributed by atoms with Crippen molar-refractivity contribution in [1.82, 2.24) is 9.97 Å². The topological polar surface area (TPSA) is 69.1 Å². The standard InChI is InChI=1S/C17H13F3N2O3/c18-17(19,20)15-10-24-16(22-15)5-1-4-12(23)14-7-6-13(25-14)11-3-2-8-21-9-11/h2-3,6-10H,1,4-5H2. The van der Waals surface area contributed by atoms with Crippen LogP contribution in [0.4, 0.5) is 13.2 Å². The lowest BCUT2D eigenvalue weighted by Gasteiger charge is -1.99. The van der Waals surface area contributed by atoms with E-state index >= 15 is 0 Å². The van der Waals surface area contributed by atoms with Crippen molar-refractivity contribution in [2.45, 2.75) is 25.4 Å². The van der Waals surface area contributed by atoms with E-state index in [4.69, 9.17) is 8.83 Å². The second kappa shape index (κ2) is 6.92. The molecule has 130 valence electrons. The molecule has 0 radical (unpaired) electrons. The van der Waals surface area contributed by atoms with Gasteiger partial charge in [0.1, 0.15) is 12.0 Å². The number of ketones is 1. The van der Waals surface area contributed by atoms with Crippen molar-refractivity contribution in [2.24, 2.45) is 0 Å². The van der Waals surface area contributed by atoms with Crippen LogP contribution in [0, 0.1) is 0 Å². The van der Waals surface area contributed by atoms with Gasteiger partial charge in [0.15, 0.2) is 23.1 Å². The number of Topliss-reactive ketones (excluding diaryl/α,β-unsaturated/α-hetero) is 1. The molecule has 3 heterocycles. The maximum Gasteiger partial charge on any atom is 0.436 e. The van der Waals surface area contributed by atoms with Crippen molar-refractivity contribution in [3.63, 3.8) is 0 Å². The summed E-state index contributed by atoms with van der Waals surface area (Å²) in [6, 6.07) is 6.80. The molecule has 0 atom stereocenters. The van der Waals surface area contributed by atoms with Gasteiger partial charge in [-0.2, -0.15) is 13.2 Å². The lowest BCUT2D eigenvalue weighted by molar-refractivity contribution is -0.141. The Hall–Kier alpha value is -2.90. The molecule has 3 rings (SSSR count).